The van der Waals surface area contributed by atoms with Crippen molar-refractivity contribution in [2.75, 3.05) is 19.7 Å². The fourth-order valence-corrected chi connectivity index (χ4v) is 1.56. The van der Waals surface area contributed by atoms with Gasteiger partial charge in [0.1, 0.15) is 24.3 Å². The number of nitrogens with zero attached hydrogens (tertiary/aromatic N) is 3. The standard InChI is InChI=1S/C16H23N3O2/c1-3-5-6-7-11-21-16(20)14-19(4-2)10-8-9-15(12-17)13-18/h8-10H,3-7,11,14H2,1-2H3/b10-8+. The van der Waals surface area contributed by atoms with E-state index in [1.165, 1.54) is 6.08 Å². The molecule has 0 fully saturated rings. The van der Waals surface area contributed by atoms with Crippen molar-refractivity contribution in [2.45, 2.75) is 39.5 Å². The first-order valence-corrected chi connectivity index (χ1v) is 7.26. The Morgan fingerprint density at radius 1 is 1.19 bits per heavy atom. The molecule has 0 unspecified atom stereocenters. The molecule has 0 rings (SSSR count). The minimum atomic E-state index is -0.261. The normalized spacial score (nSPS) is 9.71. The smallest absolute Gasteiger partial charge is 0.325 e. The second kappa shape index (κ2) is 12.7. The Morgan fingerprint density at radius 3 is 2.48 bits per heavy atom. The Balaban J connectivity index is 4.11. The number of rotatable bonds is 10. The summed E-state index contributed by atoms with van der Waals surface area (Å²) in [5.41, 5.74) is 0.0285. The number of allylic oxidation sites excluding steroid dienone is 3. The van der Waals surface area contributed by atoms with Gasteiger partial charge in [-0.3, -0.25) is 4.79 Å². The molecule has 0 spiro atoms. The quantitative estimate of drug-likeness (QED) is 0.267. The van der Waals surface area contributed by atoms with Crippen LogP contribution >= 0.6 is 0 Å². The zero-order valence-electron chi connectivity index (χ0n) is 12.8. The van der Waals surface area contributed by atoms with Gasteiger partial charge >= 0.3 is 5.97 Å². The van der Waals surface area contributed by atoms with Crippen LogP contribution in [0.4, 0.5) is 0 Å². The number of hydrogen-bond acceptors (Lipinski definition) is 5. The number of ether oxygens (including phenoxy) is 1. The van der Waals surface area contributed by atoms with Gasteiger partial charge < -0.3 is 9.64 Å². The number of carbonyl (C=O) groups is 1. The van der Waals surface area contributed by atoms with Crippen molar-refractivity contribution >= 4 is 5.97 Å². The van der Waals surface area contributed by atoms with Crippen LogP contribution in [0.3, 0.4) is 0 Å². The molecule has 0 aliphatic heterocycles. The van der Waals surface area contributed by atoms with E-state index in [1.54, 1.807) is 29.3 Å². The van der Waals surface area contributed by atoms with E-state index in [0.29, 0.717) is 13.2 Å². The van der Waals surface area contributed by atoms with Crippen molar-refractivity contribution in [1.29, 1.82) is 10.5 Å². The molecule has 5 nitrogen and oxygen atoms in total. The number of unbranched alkanes of at least 4 members (excludes halogenated alkanes) is 3. The second-order valence-corrected chi connectivity index (χ2v) is 4.49. The molecule has 0 N–H and O–H groups in total. The van der Waals surface area contributed by atoms with Crippen LogP contribution in [-0.4, -0.2) is 30.6 Å². The molecule has 0 atom stereocenters. The summed E-state index contributed by atoms with van der Waals surface area (Å²) in [4.78, 5) is 13.4. The maximum atomic E-state index is 11.6. The third kappa shape index (κ3) is 10.2. The van der Waals surface area contributed by atoms with Crippen LogP contribution in [0.5, 0.6) is 0 Å². The van der Waals surface area contributed by atoms with E-state index < -0.39 is 0 Å². The van der Waals surface area contributed by atoms with Gasteiger partial charge in [-0.1, -0.05) is 26.2 Å². The minimum Gasteiger partial charge on any atom is -0.464 e. The number of nitriles is 2. The maximum absolute atomic E-state index is 11.6. The summed E-state index contributed by atoms with van der Waals surface area (Å²) < 4.78 is 5.16. The summed E-state index contributed by atoms with van der Waals surface area (Å²) in [7, 11) is 0. The first-order chi connectivity index (χ1) is 10.2. The maximum Gasteiger partial charge on any atom is 0.325 e. The molecule has 0 aliphatic rings. The molecule has 0 saturated carbocycles. The van der Waals surface area contributed by atoms with E-state index in [1.807, 2.05) is 6.92 Å². The highest BCUT2D eigenvalue weighted by Gasteiger charge is 2.06. The molecule has 0 aliphatic carbocycles. The van der Waals surface area contributed by atoms with Gasteiger partial charge in [0.2, 0.25) is 0 Å². The van der Waals surface area contributed by atoms with E-state index in [-0.39, 0.29) is 18.1 Å². The SMILES string of the molecule is CCCCCCOC(=O)CN(/C=C/C=C(C#N)C#N)CC. The molecule has 114 valence electrons. The fraction of sp³-hybridized carbons (Fsp3) is 0.562. The number of esters is 1. The molecule has 0 amide bonds. The molecule has 0 aromatic heterocycles. The predicted octanol–water partition coefficient (Wildman–Crippen LogP) is 2.92. The zero-order valence-corrected chi connectivity index (χ0v) is 12.8. The Labute approximate surface area is 127 Å². The summed E-state index contributed by atoms with van der Waals surface area (Å²) in [5.74, 6) is -0.261. The summed E-state index contributed by atoms with van der Waals surface area (Å²) in [5, 5.41) is 17.2. The van der Waals surface area contributed by atoms with Crippen LogP contribution in [0.25, 0.3) is 0 Å². The number of carbonyl (C=O) groups excluding carboxylic acids is 1. The average molecular weight is 289 g/mol. The van der Waals surface area contributed by atoms with E-state index >= 15 is 0 Å². The van der Waals surface area contributed by atoms with E-state index in [4.69, 9.17) is 15.3 Å². The van der Waals surface area contributed by atoms with Crippen LogP contribution in [-0.2, 0) is 9.53 Å². The molecule has 0 radical (unpaired) electrons. The van der Waals surface area contributed by atoms with Crippen molar-refractivity contribution in [1.82, 2.24) is 4.90 Å². The lowest BCUT2D eigenvalue weighted by atomic mass is 10.2. The average Bonchev–Trinajstić information content (AvgIpc) is 2.50. The highest BCUT2D eigenvalue weighted by Crippen LogP contribution is 2.00. The van der Waals surface area contributed by atoms with Crippen molar-refractivity contribution in [3.63, 3.8) is 0 Å². The van der Waals surface area contributed by atoms with Gasteiger partial charge in [0.05, 0.1) is 6.61 Å². The molecular formula is C16H23N3O2. The largest absolute Gasteiger partial charge is 0.464 e. The molecular weight excluding hydrogens is 266 g/mol. The van der Waals surface area contributed by atoms with Gasteiger partial charge in [-0.2, -0.15) is 10.5 Å². The van der Waals surface area contributed by atoms with Gasteiger partial charge in [0.15, 0.2) is 0 Å². The van der Waals surface area contributed by atoms with Gasteiger partial charge in [-0.05, 0) is 31.7 Å². The van der Waals surface area contributed by atoms with Crippen molar-refractivity contribution < 1.29 is 9.53 Å². The van der Waals surface area contributed by atoms with Crippen molar-refractivity contribution in [2.24, 2.45) is 0 Å². The molecule has 0 bridgehead atoms. The van der Waals surface area contributed by atoms with Crippen LogP contribution in [0, 0.1) is 22.7 Å². The van der Waals surface area contributed by atoms with Gasteiger partial charge in [0.25, 0.3) is 0 Å². The first kappa shape index (κ1) is 18.7. The van der Waals surface area contributed by atoms with Crippen LogP contribution in [0.1, 0.15) is 39.5 Å². The predicted molar refractivity (Wildman–Crippen MR) is 80.8 cm³/mol. The van der Waals surface area contributed by atoms with Gasteiger partial charge in [-0.15, -0.1) is 0 Å². The van der Waals surface area contributed by atoms with Crippen molar-refractivity contribution in [3.05, 3.63) is 23.9 Å². The minimum absolute atomic E-state index is 0.0285. The molecule has 21 heavy (non-hydrogen) atoms. The van der Waals surface area contributed by atoms with Gasteiger partial charge in [-0.25, -0.2) is 0 Å². The lowest BCUT2D eigenvalue weighted by Gasteiger charge is -2.16. The first-order valence-electron chi connectivity index (χ1n) is 7.26. The summed E-state index contributed by atoms with van der Waals surface area (Å²) in [6.45, 7) is 5.33. The Kier molecular flexibility index (Phi) is 11.4. The molecule has 0 heterocycles. The highest BCUT2D eigenvalue weighted by molar-refractivity contribution is 5.71. The highest BCUT2D eigenvalue weighted by atomic mass is 16.5. The summed E-state index contributed by atoms with van der Waals surface area (Å²) in [6.07, 6.45) is 8.97. The van der Waals surface area contributed by atoms with Crippen molar-refractivity contribution in [3.8, 4) is 12.1 Å². The zero-order chi connectivity index (χ0) is 15.9. The number of hydrogen-bond donors (Lipinski definition) is 0. The van der Waals surface area contributed by atoms with Crippen LogP contribution in [0.15, 0.2) is 23.9 Å². The van der Waals surface area contributed by atoms with Crippen LogP contribution in [0.2, 0.25) is 0 Å². The molecule has 0 saturated heterocycles. The molecule has 0 aromatic carbocycles. The molecule has 0 aromatic rings. The Bertz CT molecular complexity index is 425. The van der Waals surface area contributed by atoms with E-state index in [0.717, 1.165) is 25.7 Å². The van der Waals surface area contributed by atoms with E-state index in [9.17, 15) is 4.79 Å². The molecule has 5 heteroatoms. The summed E-state index contributed by atoms with van der Waals surface area (Å²) in [6, 6.07) is 3.53. The topological polar surface area (TPSA) is 77.1 Å². The van der Waals surface area contributed by atoms with Gasteiger partial charge in [0, 0.05) is 6.54 Å². The van der Waals surface area contributed by atoms with Crippen LogP contribution < -0.4 is 0 Å². The third-order valence-electron chi connectivity index (χ3n) is 2.80. The summed E-state index contributed by atoms with van der Waals surface area (Å²) >= 11 is 0. The lowest BCUT2D eigenvalue weighted by Crippen LogP contribution is -2.26. The monoisotopic (exact) mass is 289 g/mol. The Hall–Kier alpha value is -2.27. The fourth-order valence-electron chi connectivity index (χ4n) is 1.56. The second-order valence-electron chi connectivity index (χ2n) is 4.49. The third-order valence-corrected chi connectivity index (χ3v) is 2.80. The Morgan fingerprint density at radius 2 is 1.90 bits per heavy atom. The lowest BCUT2D eigenvalue weighted by molar-refractivity contribution is -0.144. The number of likely N-dealkylation sites (N-methyl/N-ethyl adjacent to an activating group) is 1. The van der Waals surface area contributed by atoms with E-state index in [2.05, 4.69) is 6.92 Å².